The molecule has 0 radical (unpaired) electrons. The van der Waals surface area contributed by atoms with E-state index in [1.165, 1.54) is 0 Å². The third kappa shape index (κ3) is 5.80. The fourth-order valence-electron chi connectivity index (χ4n) is 2.67. The number of hydrogen-bond donors (Lipinski definition) is 3. The van der Waals surface area contributed by atoms with Crippen LogP contribution in [0.3, 0.4) is 0 Å². The Balaban J connectivity index is 1.65. The molecule has 0 unspecified atom stereocenters. The van der Waals surface area contributed by atoms with Gasteiger partial charge in [-0.15, -0.1) is 0 Å². The second-order valence-corrected chi connectivity index (χ2v) is 6.73. The van der Waals surface area contributed by atoms with Crippen LogP contribution >= 0.6 is 11.6 Å². The van der Waals surface area contributed by atoms with Crippen LogP contribution in [0.15, 0.2) is 66.9 Å². The first kappa shape index (κ1) is 20.8. The van der Waals surface area contributed by atoms with Crippen molar-refractivity contribution in [3.8, 4) is 6.07 Å². The zero-order chi connectivity index (χ0) is 21.3. The van der Waals surface area contributed by atoms with E-state index in [-0.39, 0.29) is 24.9 Å². The maximum absolute atomic E-state index is 12.4. The highest BCUT2D eigenvalue weighted by molar-refractivity contribution is 6.30. The first-order valence-electron chi connectivity index (χ1n) is 9.06. The van der Waals surface area contributed by atoms with Crippen LogP contribution < -0.4 is 16.0 Å². The first-order chi connectivity index (χ1) is 14.5. The molecule has 1 heterocycles. The number of nitrogens with one attached hydrogen (secondary N) is 3. The number of carbonyl (C=O) groups excluding carboxylic acids is 2. The van der Waals surface area contributed by atoms with Gasteiger partial charge in [-0.25, -0.2) is 4.98 Å². The van der Waals surface area contributed by atoms with E-state index in [9.17, 15) is 14.9 Å². The Labute approximate surface area is 178 Å². The highest BCUT2D eigenvalue weighted by Crippen LogP contribution is 2.18. The topological polar surface area (TPSA) is 107 Å². The molecule has 2 aromatic carbocycles. The van der Waals surface area contributed by atoms with Crippen molar-refractivity contribution >= 4 is 34.9 Å². The van der Waals surface area contributed by atoms with Crippen molar-refractivity contribution in [3.63, 3.8) is 0 Å². The van der Waals surface area contributed by atoms with E-state index in [1.807, 2.05) is 0 Å². The smallest absolute Gasteiger partial charge is 0.251 e. The van der Waals surface area contributed by atoms with Crippen LogP contribution in [0.5, 0.6) is 0 Å². The number of amides is 2. The van der Waals surface area contributed by atoms with Gasteiger partial charge in [-0.05, 0) is 48.0 Å². The number of hydrogen-bond acceptors (Lipinski definition) is 5. The lowest BCUT2D eigenvalue weighted by Gasteiger charge is -2.13. The Morgan fingerprint density at radius 3 is 2.67 bits per heavy atom. The van der Waals surface area contributed by atoms with Crippen molar-refractivity contribution in [1.29, 1.82) is 5.26 Å². The van der Waals surface area contributed by atoms with Crippen LogP contribution in [-0.2, 0) is 11.3 Å². The van der Waals surface area contributed by atoms with Crippen LogP contribution in [0.2, 0.25) is 5.02 Å². The van der Waals surface area contributed by atoms with Gasteiger partial charge in [0.05, 0.1) is 18.2 Å². The molecule has 0 spiro atoms. The molecule has 150 valence electrons. The number of nitriles is 1. The number of aromatic nitrogens is 1. The summed E-state index contributed by atoms with van der Waals surface area (Å²) in [6.07, 6.45) is 1.58. The average Bonchev–Trinajstić information content (AvgIpc) is 2.77. The summed E-state index contributed by atoms with van der Waals surface area (Å²) in [6.45, 7) is 0.182. The predicted molar refractivity (Wildman–Crippen MR) is 115 cm³/mol. The third-order valence-corrected chi connectivity index (χ3v) is 4.37. The Kier molecular flexibility index (Phi) is 6.98. The fourth-order valence-corrected chi connectivity index (χ4v) is 2.86. The molecule has 0 atom stereocenters. The Bertz CT molecular complexity index is 1100. The molecule has 30 heavy (non-hydrogen) atoms. The quantitative estimate of drug-likeness (QED) is 0.542. The van der Waals surface area contributed by atoms with Crippen LogP contribution in [0.4, 0.5) is 11.5 Å². The van der Waals surface area contributed by atoms with E-state index in [1.54, 1.807) is 66.9 Å². The normalized spacial score (nSPS) is 10.0. The molecule has 3 rings (SSSR count). The second kappa shape index (κ2) is 10.0. The Morgan fingerprint density at radius 2 is 1.93 bits per heavy atom. The molecule has 7 nitrogen and oxygen atoms in total. The van der Waals surface area contributed by atoms with E-state index in [2.05, 4.69) is 27.0 Å². The van der Waals surface area contributed by atoms with Gasteiger partial charge in [0.25, 0.3) is 5.91 Å². The molecular formula is C22H18ClN5O2. The lowest BCUT2D eigenvalue weighted by Crippen LogP contribution is -2.25. The summed E-state index contributed by atoms with van der Waals surface area (Å²) in [6, 6.07) is 18.9. The number of rotatable bonds is 7. The summed E-state index contributed by atoms with van der Waals surface area (Å²) >= 11 is 5.93. The van der Waals surface area contributed by atoms with Gasteiger partial charge in [-0.3, -0.25) is 9.59 Å². The fraction of sp³-hybridized carbons (Fsp3) is 0.0909. The van der Waals surface area contributed by atoms with Gasteiger partial charge in [0, 0.05) is 29.0 Å². The van der Waals surface area contributed by atoms with Crippen LogP contribution in [0.1, 0.15) is 21.5 Å². The summed E-state index contributed by atoms with van der Waals surface area (Å²) in [5.41, 5.74) is 2.19. The minimum atomic E-state index is -0.287. The summed E-state index contributed by atoms with van der Waals surface area (Å²) in [7, 11) is 0. The maximum Gasteiger partial charge on any atom is 0.251 e. The van der Waals surface area contributed by atoms with Gasteiger partial charge in [-0.1, -0.05) is 29.8 Å². The van der Waals surface area contributed by atoms with Gasteiger partial charge < -0.3 is 16.0 Å². The van der Waals surface area contributed by atoms with Crippen molar-refractivity contribution in [1.82, 2.24) is 10.3 Å². The third-order valence-electron chi connectivity index (χ3n) is 4.14. The van der Waals surface area contributed by atoms with Gasteiger partial charge >= 0.3 is 0 Å². The predicted octanol–water partition coefficient (Wildman–Crippen LogP) is 3.59. The molecule has 3 aromatic rings. The van der Waals surface area contributed by atoms with Gasteiger partial charge in [-0.2, -0.15) is 5.26 Å². The van der Waals surface area contributed by atoms with Crippen LogP contribution in [0, 0.1) is 11.3 Å². The largest absolute Gasteiger partial charge is 0.376 e. The lowest BCUT2D eigenvalue weighted by atomic mass is 10.1. The molecule has 0 bridgehead atoms. The van der Waals surface area contributed by atoms with Crippen molar-refractivity contribution in [2.75, 3.05) is 17.2 Å². The molecule has 0 saturated carbocycles. The lowest BCUT2D eigenvalue weighted by molar-refractivity contribution is -0.114. The summed E-state index contributed by atoms with van der Waals surface area (Å²) in [4.78, 5) is 28.6. The maximum atomic E-state index is 12.4. The molecule has 8 heteroatoms. The van der Waals surface area contributed by atoms with E-state index in [0.717, 1.165) is 5.56 Å². The summed E-state index contributed by atoms with van der Waals surface area (Å²) < 4.78 is 0. The monoisotopic (exact) mass is 419 g/mol. The number of benzene rings is 2. The van der Waals surface area contributed by atoms with Crippen LogP contribution in [0.25, 0.3) is 0 Å². The van der Waals surface area contributed by atoms with Gasteiger partial charge in [0.1, 0.15) is 5.82 Å². The molecule has 2 amide bonds. The Hall–Kier alpha value is -3.89. The average molecular weight is 420 g/mol. The molecule has 0 aliphatic heterocycles. The van der Waals surface area contributed by atoms with E-state index < -0.39 is 0 Å². The standard InChI is InChI=1S/C22H18ClN5O2/c23-18-5-3-4-16(11-18)22(30)27-13-17-8-7-15(12-24)10-19(17)26-14-21(29)28-20-6-1-2-9-25-20/h1-11,26H,13-14H2,(H,27,30)(H,25,28,29). The zero-order valence-corrected chi connectivity index (χ0v) is 16.6. The van der Waals surface area contributed by atoms with Crippen LogP contribution in [-0.4, -0.2) is 23.3 Å². The number of nitrogens with zero attached hydrogens (tertiary/aromatic N) is 2. The molecular weight excluding hydrogens is 402 g/mol. The summed E-state index contributed by atoms with van der Waals surface area (Å²) in [5, 5.41) is 18.2. The SMILES string of the molecule is N#Cc1ccc(CNC(=O)c2cccc(Cl)c2)c(NCC(=O)Nc2ccccn2)c1. The number of anilines is 2. The molecule has 0 aliphatic rings. The van der Waals surface area contributed by atoms with Crippen molar-refractivity contribution < 1.29 is 9.59 Å². The van der Waals surface area contributed by atoms with Gasteiger partial charge in [0.15, 0.2) is 0 Å². The van der Waals surface area contributed by atoms with E-state index in [0.29, 0.717) is 27.7 Å². The summed E-state index contributed by atoms with van der Waals surface area (Å²) in [5.74, 6) is -0.116. The number of halogens is 1. The molecule has 0 saturated heterocycles. The number of carbonyl (C=O) groups is 2. The van der Waals surface area contributed by atoms with Crippen molar-refractivity contribution in [2.24, 2.45) is 0 Å². The van der Waals surface area contributed by atoms with E-state index >= 15 is 0 Å². The molecule has 0 aliphatic carbocycles. The number of pyridine rings is 1. The second-order valence-electron chi connectivity index (χ2n) is 6.29. The van der Waals surface area contributed by atoms with Crippen molar-refractivity contribution in [3.05, 3.63) is 88.6 Å². The minimum absolute atomic E-state index is 0.0271. The zero-order valence-electron chi connectivity index (χ0n) is 15.9. The first-order valence-corrected chi connectivity index (χ1v) is 9.44. The highest BCUT2D eigenvalue weighted by atomic mass is 35.5. The Morgan fingerprint density at radius 1 is 1.07 bits per heavy atom. The van der Waals surface area contributed by atoms with Gasteiger partial charge in [0.2, 0.25) is 5.91 Å². The molecule has 0 fully saturated rings. The van der Waals surface area contributed by atoms with Crippen molar-refractivity contribution in [2.45, 2.75) is 6.54 Å². The molecule has 3 N–H and O–H groups in total. The molecule has 1 aromatic heterocycles. The highest BCUT2D eigenvalue weighted by Gasteiger charge is 2.10. The minimum Gasteiger partial charge on any atom is -0.376 e. The van der Waals surface area contributed by atoms with E-state index in [4.69, 9.17) is 11.6 Å².